The molecule has 0 saturated carbocycles. The number of thioether (sulfide) groups is 1. The zero-order valence-corrected chi connectivity index (χ0v) is 8.92. The van der Waals surface area contributed by atoms with Crippen LogP contribution in [0.2, 0.25) is 0 Å². The minimum Gasteiger partial charge on any atom is -0.445 e. The molecule has 2 N–H and O–H groups in total. The molecule has 5 heteroatoms. The SMILES string of the molecule is Cl.NCCc1nc2c(o1)CCSC2. The fourth-order valence-electron chi connectivity index (χ4n) is 1.31. The lowest BCUT2D eigenvalue weighted by Gasteiger charge is -2.05. The topological polar surface area (TPSA) is 52.0 Å². The fourth-order valence-corrected chi connectivity index (χ4v) is 2.20. The van der Waals surface area contributed by atoms with E-state index in [2.05, 4.69) is 4.98 Å². The molecule has 2 rings (SSSR count). The van der Waals surface area contributed by atoms with Crippen LogP contribution in [0, 0.1) is 0 Å². The van der Waals surface area contributed by atoms with Crippen LogP contribution in [0.3, 0.4) is 0 Å². The van der Waals surface area contributed by atoms with Gasteiger partial charge in [-0.2, -0.15) is 11.8 Å². The van der Waals surface area contributed by atoms with Crippen molar-refractivity contribution in [3.63, 3.8) is 0 Å². The van der Waals surface area contributed by atoms with E-state index in [9.17, 15) is 0 Å². The first-order valence-electron chi connectivity index (χ1n) is 4.15. The molecule has 0 unspecified atom stereocenters. The van der Waals surface area contributed by atoms with Gasteiger partial charge in [-0.25, -0.2) is 4.98 Å². The van der Waals surface area contributed by atoms with Crippen molar-refractivity contribution >= 4 is 24.2 Å². The summed E-state index contributed by atoms with van der Waals surface area (Å²) in [5.74, 6) is 4.05. The summed E-state index contributed by atoms with van der Waals surface area (Å²) >= 11 is 1.92. The van der Waals surface area contributed by atoms with Crippen LogP contribution in [0.15, 0.2) is 4.42 Å². The zero-order valence-electron chi connectivity index (χ0n) is 7.28. The molecular weight excluding hydrogens is 208 g/mol. The van der Waals surface area contributed by atoms with Crippen molar-refractivity contribution in [1.29, 1.82) is 0 Å². The zero-order chi connectivity index (χ0) is 8.39. The average Bonchev–Trinajstić information content (AvgIpc) is 2.47. The van der Waals surface area contributed by atoms with E-state index in [1.54, 1.807) is 0 Å². The number of halogens is 1. The van der Waals surface area contributed by atoms with E-state index in [0.717, 1.165) is 41.7 Å². The average molecular weight is 221 g/mol. The van der Waals surface area contributed by atoms with Gasteiger partial charge in [0, 0.05) is 30.9 Å². The van der Waals surface area contributed by atoms with E-state index in [4.69, 9.17) is 10.2 Å². The van der Waals surface area contributed by atoms with E-state index < -0.39 is 0 Å². The summed E-state index contributed by atoms with van der Waals surface area (Å²) in [6.45, 7) is 0.618. The molecule has 2 heterocycles. The van der Waals surface area contributed by atoms with Crippen LogP contribution < -0.4 is 5.73 Å². The van der Waals surface area contributed by atoms with Crippen molar-refractivity contribution in [3.05, 3.63) is 17.3 Å². The second-order valence-corrected chi connectivity index (χ2v) is 3.92. The van der Waals surface area contributed by atoms with Crippen molar-refractivity contribution in [1.82, 2.24) is 4.98 Å². The van der Waals surface area contributed by atoms with Gasteiger partial charge in [0.15, 0.2) is 5.89 Å². The molecule has 0 spiro atoms. The monoisotopic (exact) mass is 220 g/mol. The normalized spacial score (nSPS) is 14.8. The molecule has 0 aromatic carbocycles. The van der Waals surface area contributed by atoms with E-state index >= 15 is 0 Å². The van der Waals surface area contributed by atoms with Gasteiger partial charge in [0.2, 0.25) is 0 Å². The van der Waals surface area contributed by atoms with E-state index in [1.165, 1.54) is 0 Å². The molecule has 0 radical (unpaired) electrons. The maximum atomic E-state index is 5.54. The third kappa shape index (κ3) is 2.39. The summed E-state index contributed by atoms with van der Waals surface area (Å²) in [6.07, 6.45) is 1.79. The highest BCUT2D eigenvalue weighted by molar-refractivity contribution is 7.98. The number of fused-ring (bicyclic) bond motifs is 1. The molecule has 0 bridgehead atoms. The van der Waals surface area contributed by atoms with Gasteiger partial charge in [-0.05, 0) is 0 Å². The third-order valence-electron chi connectivity index (χ3n) is 1.89. The summed E-state index contributed by atoms with van der Waals surface area (Å²) in [7, 11) is 0. The molecule has 1 aliphatic rings. The number of hydrogen-bond acceptors (Lipinski definition) is 4. The largest absolute Gasteiger partial charge is 0.445 e. The maximum absolute atomic E-state index is 5.54. The number of aromatic nitrogens is 1. The highest BCUT2D eigenvalue weighted by Gasteiger charge is 2.16. The highest BCUT2D eigenvalue weighted by atomic mass is 35.5. The Bertz CT molecular complexity index is 254. The van der Waals surface area contributed by atoms with Crippen molar-refractivity contribution < 1.29 is 4.42 Å². The number of hydrogen-bond donors (Lipinski definition) is 1. The predicted molar refractivity (Wildman–Crippen MR) is 56.4 cm³/mol. The molecule has 3 nitrogen and oxygen atoms in total. The van der Waals surface area contributed by atoms with Gasteiger partial charge in [0.25, 0.3) is 0 Å². The van der Waals surface area contributed by atoms with Crippen LogP contribution in [0.5, 0.6) is 0 Å². The standard InChI is InChI=1S/C8H12N2OS.ClH/c9-3-1-8-10-6-5-12-4-2-7(6)11-8;/h1-5,9H2;1H. The van der Waals surface area contributed by atoms with Gasteiger partial charge in [-0.1, -0.05) is 0 Å². The minimum atomic E-state index is 0. The van der Waals surface area contributed by atoms with Crippen molar-refractivity contribution in [2.75, 3.05) is 12.3 Å². The summed E-state index contributed by atoms with van der Waals surface area (Å²) < 4.78 is 5.54. The van der Waals surface area contributed by atoms with Crippen LogP contribution in [-0.4, -0.2) is 17.3 Å². The first-order valence-corrected chi connectivity index (χ1v) is 5.31. The lowest BCUT2D eigenvalue weighted by molar-refractivity contribution is 0.459. The summed E-state index contributed by atoms with van der Waals surface area (Å²) in [5, 5.41) is 0. The quantitative estimate of drug-likeness (QED) is 0.819. The Kier molecular flexibility index (Phi) is 4.09. The van der Waals surface area contributed by atoms with Gasteiger partial charge in [-0.15, -0.1) is 12.4 Å². The van der Waals surface area contributed by atoms with E-state index in [-0.39, 0.29) is 12.4 Å². The van der Waals surface area contributed by atoms with Crippen LogP contribution in [-0.2, 0) is 18.6 Å². The van der Waals surface area contributed by atoms with Gasteiger partial charge in [0.05, 0.1) is 5.69 Å². The molecular formula is C8H13ClN2OS. The molecule has 0 amide bonds. The van der Waals surface area contributed by atoms with Crippen LogP contribution in [0.25, 0.3) is 0 Å². The summed E-state index contributed by atoms with van der Waals surface area (Å²) in [6, 6.07) is 0. The molecule has 1 aliphatic heterocycles. The lowest BCUT2D eigenvalue weighted by Crippen LogP contribution is -2.02. The Morgan fingerprint density at radius 1 is 1.54 bits per heavy atom. The highest BCUT2D eigenvalue weighted by Crippen LogP contribution is 2.24. The summed E-state index contributed by atoms with van der Waals surface area (Å²) in [4.78, 5) is 4.37. The fraction of sp³-hybridized carbons (Fsp3) is 0.625. The van der Waals surface area contributed by atoms with Crippen LogP contribution in [0.4, 0.5) is 0 Å². The number of rotatable bonds is 2. The second kappa shape index (κ2) is 4.88. The van der Waals surface area contributed by atoms with Gasteiger partial charge in [0.1, 0.15) is 5.76 Å². The number of nitrogens with zero attached hydrogens (tertiary/aromatic N) is 1. The molecule has 1 aromatic heterocycles. The molecule has 1 aromatic rings. The lowest BCUT2D eigenvalue weighted by atomic mass is 10.3. The van der Waals surface area contributed by atoms with Crippen molar-refractivity contribution in [2.24, 2.45) is 5.73 Å². The molecule has 0 fully saturated rings. The first kappa shape index (κ1) is 10.9. The smallest absolute Gasteiger partial charge is 0.195 e. The Morgan fingerprint density at radius 2 is 2.38 bits per heavy atom. The second-order valence-electron chi connectivity index (χ2n) is 2.82. The van der Waals surface area contributed by atoms with Crippen LogP contribution in [0.1, 0.15) is 17.3 Å². The van der Waals surface area contributed by atoms with Gasteiger partial charge < -0.3 is 10.2 Å². The maximum Gasteiger partial charge on any atom is 0.195 e. The molecule has 0 aliphatic carbocycles. The number of nitrogens with two attached hydrogens (primary N) is 1. The van der Waals surface area contributed by atoms with Gasteiger partial charge in [-0.3, -0.25) is 0 Å². The Morgan fingerprint density at radius 3 is 3.08 bits per heavy atom. The summed E-state index contributed by atoms with van der Waals surface area (Å²) in [5.41, 5.74) is 6.55. The number of aryl methyl sites for hydroxylation is 1. The molecule has 13 heavy (non-hydrogen) atoms. The van der Waals surface area contributed by atoms with Crippen molar-refractivity contribution in [2.45, 2.75) is 18.6 Å². The van der Waals surface area contributed by atoms with Gasteiger partial charge >= 0.3 is 0 Å². The molecule has 74 valence electrons. The van der Waals surface area contributed by atoms with E-state index in [0.29, 0.717) is 6.54 Å². The third-order valence-corrected chi connectivity index (χ3v) is 2.86. The minimum absolute atomic E-state index is 0. The Hall–Kier alpha value is -0.190. The Balaban J connectivity index is 0.000000845. The Labute approximate surface area is 87.9 Å². The predicted octanol–water partition coefficient (Wildman–Crippen LogP) is 1.39. The molecule has 0 saturated heterocycles. The first-order chi connectivity index (χ1) is 5.90. The van der Waals surface area contributed by atoms with Crippen molar-refractivity contribution in [3.8, 4) is 0 Å². The van der Waals surface area contributed by atoms with E-state index in [1.807, 2.05) is 11.8 Å². The number of oxazole rings is 1. The molecule has 0 atom stereocenters. The van der Waals surface area contributed by atoms with Crippen LogP contribution >= 0.6 is 24.2 Å².